The van der Waals surface area contributed by atoms with Crippen LogP contribution in [0.2, 0.25) is 0 Å². The van der Waals surface area contributed by atoms with Gasteiger partial charge in [0, 0.05) is 11.1 Å². The van der Waals surface area contributed by atoms with E-state index in [-0.39, 0.29) is 17.0 Å². The molecule has 7 heteroatoms. The van der Waals surface area contributed by atoms with Crippen LogP contribution in [0.4, 0.5) is 4.39 Å². The Kier molecular flexibility index (Phi) is 3.96. The molecule has 1 atom stereocenters. The number of nitrogens with zero attached hydrogens (tertiary/aromatic N) is 2. The van der Waals surface area contributed by atoms with Crippen LogP contribution in [0.1, 0.15) is 16.1 Å². The molecule has 1 aromatic heterocycles. The summed E-state index contributed by atoms with van der Waals surface area (Å²) in [7, 11) is -1.49. The number of aromatic nitrogens is 2. The van der Waals surface area contributed by atoms with E-state index in [2.05, 4.69) is 9.97 Å². The third kappa shape index (κ3) is 3.19. The van der Waals surface area contributed by atoms with Gasteiger partial charge in [0.2, 0.25) is 0 Å². The normalized spacial score (nSPS) is 12.1. The van der Waals surface area contributed by atoms with Gasteiger partial charge in [-0.2, -0.15) is 0 Å². The van der Waals surface area contributed by atoms with Crippen LogP contribution in [-0.4, -0.2) is 25.3 Å². The monoisotopic (exact) mass is 280 g/mol. The smallest absolute Gasteiger partial charge is 0.339 e. The van der Waals surface area contributed by atoms with Crippen molar-refractivity contribution in [3.05, 3.63) is 53.9 Å². The van der Waals surface area contributed by atoms with Crippen molar-refractivity contribution in [3.63, 3.8) is 0 Å². The molecule has 0 fully saturated rings. The highest BCUT2D eigenvalue weighted by Crippen LogP contribution is 2.14. The molecule has 0 spiro atoms. The first-order chi connectivity index (χ1) is 9.08. The lowest BCUT2D eigenvalue weighted by atomic mass is 10.2. The molecule has 19 heavy (non-hydrogen) atoms. The van der Waals surface area contributed by atoms with E-state index in [1.54, 1.807) is 0 Å². The Morgan fingerprint density at radius 2 is 2.00 bits per heavy atom. The van der Waals surface area contributed by atoms with Crippen molar-refractivity contribution in [2.24, 2.45) is 0 Å². The molecule has 0 bridgehead atoms. The first-order valence-electron chi connectivity index (χ1n) is 5.24. The van der Waals surface area contributed by atoms with Crippen molar-refractivity contribution in [1.82, 2.24) is 9.97 Å². The van der Waals surface area contributed by atoms with Gasteiger partial charge in [-0.05, 0) is 24.3 Å². The van der Waals surface area contributed by atoms with Crippen LogP contribution in [0.15, 0.2) is 41.7 Å². The molecule has 0 aliphatic rings. The number of hydrogen-bond acceptors (Lipinski definition) is 4. The van der Waals surface area contributed by atoms with Crippen molar-refractivity contribution in [1.29, 1.82) is 0 Å². The van der Waals surface area contributed by atoms with Crippen molar-refractivity contribution in [3.8, 4) is 0 Å². The van der Waals surface area contributed by atoms with E-state index < -0.39 is 22.6 Å². The van der Waals surface area contributed by atoms with Crippen LogP contribution in [0.3, 0.4) is 0 Å². The minimum atomic E-state index is -1.49. The van der Waals surface area contributed by atoms with E-state index in [0.29, 0.717) is 4.90 Å². The number of benzene rings is 1. The predicted octanol–water partition coefficient (Wildman–Crippen LogP) is 1.62. The minimum Gasteiger partial charge on any atom is -0.478 e. The van der Waals surface area contributed by atoms with Gasteiger partial charge in [0.15, 0.2) is 0 Å². The van der Waals surface area contributed by atoms with Crippen LogP contribution < -0.4 is 0 Å². The second-order valence-corrected chi connectivity index (χ2v) is 5.08. The quantitative estimate of drug-likeness (QED) is 0.920. The van der Waals surface area contributed by atoms with Gasteiger partial charge in [-0.25, -0.2) is 19.2 Å². The molecular weight excluding hydrogens is 271 g/mol. The van der Waals surface area contributed by atoms with Crippen LogP contribution in [0, 0.1) is 5.82 Å². The number of halogens is 1. The number of carboxylic acids is 1. The van der Waals surface area contributed by atoms with Gasteiger partial charge in [-0.1, -0.05) is 0 Å². The molecule has 1 unspecified atom stereocenters. The molecule has 0 radical (unpaired) electrons. The van der Waals surface area contributed by atoms with E-state index in [1.165, 1.54) is 30.6 Å². The molecule has 1 N–H and O–H groups in total. The fourth-order valence-electron chi connectivity index (χ4n) is 1.44. The highest BCUT2D eigenvalue weighted by molar-refractivity contribution is 7.84. The van der Waals surface area contributed by atoms with Crippen molar-refractivity contribution in [2.75, 3.05) is 0 Å². The Balaban J connectivity index is 2.24. The molecule has 0 aliphatic carbocycles. The maximum atomic E-state index is 12.7. The largest absolute Gasteiger partial charge is 0.478 e. The van der Waals surface area contributed by atoms with Crippen LogP contribution in [0.25, 0.3) is 0 Å². The third-order valence-corrected chi connectivity index (χ3v) is 3.70. The number of hydrogen-bond donors (Lipinski definition) is 1. The highest BCUT2D eigenvalue weighted by Gasteiger charge is 2.15. The summed E-state index contributed by atoms with van der Waals surface area (Å²) < 4.78 is 24.8. The highest BCUT2D eigenvalue weighted by atomic mass is 32.2. The summed E-state index contributed by atoms with van der Waals surface area (Å²) >= 11 is 0. The summed E-state index contributed by atoms with van der Waals surface area (Å²) in [5.74, 6) is -1.66. The Morgan fingerprint density at radius 1 is 1.32 bits per heavy atom. The van der Waals surface area contributed by atoms with Gasteiger partial charge in [-0.15, -0.1) is 0 Å². The Morgan fingerprint density at radius 3 is 2.63 bits per heavy atom. The maximum Gasteiger partial charge on any atom is 0.339 e. The summed E-state index contributed by atoms with van der Waals surface area (Å²) in [5.41, 5.74) is 0.100. The van der Waals surface area contributed by atoms with E-state index in [1.807, 2.05) is 0 Å². The van der Waals surface area contributed by atoms with Crippen LogP contribution >= 0.6 is 0 Å². The lowest BCUT2D eigenvalue weighted by Crippen LogP contribution is -2.08. The summed E-state index contributed by atoms with van der Waals surface area (Å²) in [6, 6.07) is 5.19. The summed E-state index contributed by atoms with van der Waals surface area (Å²) in [6.45, 7) is 0. The topological polar surface area (TPSA) is 80.2 Å². The fourth-order valence-corrected chi connectivity index (χ4v) is 2.53. The van der Waals surface area contributed by atoms with Crippen molar-refractivity contribution >= 4 is 16.8 Å². The molecule has 0 saturated carbocycles. The Hall–Kier alpha value is -2.15. The lowest BCUT2D eigenvalue weighted by Gasteiger charge is -2.04. The third-order valence-electron chi connectivity index (χ3n) is 2.37. The lowest BCUT2D eigenvalue weighted by molar-refractivity contribution is 0.0695. The first-order valence-corrected chi connectivity index (χ1v) is 6.56. The standard InChI is InChI=1S/C12H9FN2O3S/c13-8-1-3-9(4-2-8)19(18)6-11-10(12(16)17)5-14-7-15-11/h1-5,7H,6H2,(H,16,17). The summed E-state index contributed by atoms with van der Waals surface area (Å²) in [6.07, 6.45) is 2.36. The van der Waals surface area contributed by atoms with Crippen molar-refractivity contribution < 1.29 is 18.5 Å². The van der Waals surface area contributed by atoms with E-state index in [4.69, 9.17) is 5.11 Å². The van der Waals surface area contributed by atoms with Gasteiger partial charge in [0.1, 0.15) is 17.7 Å². The van der Waals surface area contributed by atoms with Crippen molar-refractivity contribution in [2.45, 2.75) is 10.6 Å². The molecule has 0 aliphatic heterocycles. The molecule has 0 amide bonds. The SMILES string of the molecule is O=C(O)c1cncnc1CS(=O)c1ccc(F)cc1. The molecule has 1 aromatic carbocycles. The molecule has 2 aromatic rings. The number of rotatable bonds is 4. The molecule has 2 rings (SSSR count). The number of carbonyl (C=O) groups is 1. The predicted molar refractivity (Wildman–Crippen MR) is 65.5 cm³/mol. The van der Waals surface area contributed by atoms with E-state index in [9.17, 15) is 13.4 Å². The summed E-state index contributed by atoms with van der Waals surface area (Å²) in [4.78, 5) is 18.8. The van der Waals surface area contributed by atoms with Gasteiger partial charge >= 0.3 is 5.97 Å². The molecule has 98 valence electrons. The molecule has 0 saturated heterocycles. The maximum absolute atomic E-state index is 12.7. The molecule has 1 heterocycles. The Bertz CT molecular complexity index is 631. The second-order valence-electron chi connectivity index (χ2n) is 3.63. The second kappa shape index (κ2) is 5.66. The van der Waals surface area contributed by atoms with Gasteiger partial charge in [0.25, 0.3) is 0 Å². The van der Waals surface area contributed by atoms with E-state index >= 15 is 0 Å². The summed E-state index contributed by atoms with van der Waals surface area (Å²) in [5, 5.41) is 8.96. The first kappa shape index (κ1) is 13.3. The zero-order valence-electron chi connectivity index (χ0n) is 9.62. The van der Waals surface area contributed by atoms with Crippen LogP contribution in [-0.2, 0) is 16.6 Å². The number of aromatic carboxylic acids is 1. The average Bonchev–Trinajstić information content (AvgIpc) is 2.39. The van der Waals surface area contributed by atoms with E-state index in [0.717, 1.165) is 6.20 Å². The molecular formula is C12H9FN2O3S. The fraction of sp³-hybridized carbons (Fsp3) is 0.0833. The minimum absolute atomic E-state index is 0.0597. The zero-order chi connectivity index (χ0) is 13.8. The van der Waals surface area contributed by atoms with Gasteiger partial charge in [-0.3, -0.25) is 4.21 Å². The van der Waals surface area contributed by atoms with Crippen LogP contribution in [0.5, 0.6) is 0 Å². The zero-order valence-corrected chi connectivity index (χ0v) is 10.4. The average molecular weight is 280 g/mol. The Labute approximate surface area is 110 Å². The van der Waals surface area contributed by atoms with Gasteiger partial charge < -0.3 is 5.11 Å². The number of carboxylic acid groups (broad SMARTS) is 1. The van der Waals surface area contributed by atoms with Gasteiger partial charge in [0.05, 0.1) is 22.2 Å². The molecule has 5 nitrogen and oxygen atoms in total.